The lowest BCUT2D eigenvalue weighted by molar-refractivity contribution is -0.00124. The molecule has 20 heavy (non-hydrogen) atoms. The van der Waals surface area contributed by atoms with Crippen molar-refractivity contribution < 1.29 is 0 Å². The van der Waals surface area contributed by atoms with Gasteiger partial charge in [-0.2, -0.15) is 5.10 Å². The Balaban J connectivity index is 1.68. The predicted molar refractivity (Wildman–Crippen MR) is 81.7 cm³/mol. The molecule has 4 heteroatoms. The molecule has 0 aromatic carbocycles. The summed E-state index contributed by atoms with van der Waals surface area (Å²) in [6.45, 7) is 8.66. The predicted octanol–water partition coefficient (Wildman–Crippen LogP) is 3.48. The Labute approximate surface area is 120 Å². The van der Waals surface area contributed by atoms with Gasteiger partial charge in [0.05, 0.1) is 6.21 Å². The summed E-state index contributed by atoms with van der Waals surface area (Å²) in [5, 5.41) is 4.32. The van der Waals surface area contributed by atoms with Crippen LogP contribution in [-0.4, -0.2) is 16.2 Å². The standard InChI is InChI=1S/C16H22N4/c1-10-7-11(2)19-15(18-10)20-17-9-12-5-6-13-8-14(12)16(13,3)4/h5,7,9,13-14H,6,8H2,1-4H3,(H,18,19,20)/b17-9+. The first-order chi connectivity index (χ1) is 9.46. The molecule has 1 heterocycles. The molecule has 1 N–H and O–H groups in total. The molecule has 1 aromatic heterocycles. The van der Waals surface area contributed by atoms with Gasteiger partial charge >= 0.3 is 0 Å². The Hall–Kier alpha value is -1.71. The van der Waals surface area contributed by atoms with E-state index in [1.807, 2.05) is 26.1 Å². The van der Waals surface area contributed by atoms with Gasteiger partial charge < -0.3 is 0 Å². The minimum absolute atomic E-state index is 0.437. The monoisotopic (exact) mass is 270 g/mol. The topological polar surface area (TPSA) is 50.2 Å². The molecule has 2 atom stereocenters. The van der Waals surface area contributed by atoms with Gasteiger partial charge in [0.1, 0.15) is 0 Å². The van der Waals surface area contributed by atoms with Gasteiger partial charge in [-0.25, -0.2) is 15.4 Å². The molecule has 106 valence electrons. The molecular formula is C16H22N4. The SMILES string of the molecule is Cc1cc(C)nc(N/N=C/C2=CCC3CC2C3(C)C)n1. The molecular weight excluding hydrogens is 248 g/mol. The van der Waals surface area contributed by atoms with Crippen molar-refractivity contribution in [1.29, 1.82) is 0 Å². The summed E-state index contributed by atoms with van der Waals surface area (Å²) in [7, 11) is 0. The number of aryl methyl sites for hydroxylation is 2. The van der Waals surface area contributed by atoms with E-state index in [1.54, 1.807) is 0 Å². The van der Waals surface area contributed by atoms with Gasteiger partial charge in [0.2, 0.25) is 5.95 Å². The van der Waals surface area contributed by atoms with Gasteiger partial charge in [0.25, 0.3) is 0 Å². The van der Waals surface area contributed by atoms with Crippen LogP contribution in [-0.2, 0) is 0 Å². The fourth-order valence-corrected chi connectivity index (χ4v) is 3.49. The van der Waals surface area contributed by atoms with E-state index in [4.69, 9.17) is 0 Å². The van der Waals surface area contributed by atoms with Crippen LogP contribution in [0.15, 0.2) is 22.8 Å². The highest BCUT2D eigenvalue weighted by Crippen LogP contribution is 2.58. The van der Waals surface area contributed by atoms with Crippen molar-refractivity contribution in [2.45, 2.75) is 40.5 Å². The van der Waals surface area contributed by atoms with Gasteiger partial charge in [0, 0.05) is 11.4 Å². The van der Waals surface area contributed by atoms with Crippen molar-refractivity contribution >= 4 is 12.2 Å². The number of fused-ring (bicyclic) bond motifs is 1. The van der Waals surface area contributed by atoms with E-state index in [-0.39, 0.29) is 0 Å². The second kappa shape index (κ2) is 4.69. The summed E-state index contributed by atoms with van der Waals surface area (Å²) in [5.41, 5.74) is 6.65. The average molecular weight is 270 g/mol. The number of hydrazone groups is 1. The lowest BCUT2D eigenvalue weighted by atomic mass is 9.49. The highest BCUT2D eigenvalue weighted by atomic mass is 15.3. The van der Waals surface area contributed by atoms with Gasteiger partial charge in [-0.05, 0) is 55.6 Å². The first kappa shape index (κ1) is 13.3. The van der Waals surface area contributed by atoms with Crippen LogP contribution in [0.2, 0.25) is 0 Å². The van der Waals surface area contributed by atoms with Crippen LogP contribution >= 0.6 is 0 Å². The van der Waals surface area contributed by atoms with Crippen molar-refractivity contribution in [3.8, 4) is 0 Å². The Kier molecular flexibility index (Phi) is 3.11. The number of aromatic nitrogens is 2. The zero-order valence-electron chi connectivity index (χ0n) is 12.6. The van der Waals surface area contributed by atoms with Crippen LogP contribution in [0.4, 0.5) is 5.95 Å². The molecule has 0 spiro atoms. The highest BCUT2D eigenvalue weighted by molar-refractivity contribution is 5.81. The zero-order chi connectivity index (χ0) is 14.3. The second-order valence-electron chi connectivity index (χ2n) is 6.59. The third kappa shape index (κ3) is 2.23. The lowest BCUT2D eigenvalue weighted by Crippen LogP contribution is -2.48. The molecule has 1 fully saturated rings. The molecule has 4 nitrogen and oxygen atoms in total. The van der Waals surface area contributed by atoms with E-state index in [2.05, 4.69) is 40.4 Å². The molecule has 1 aromatic rings. The van der Waals surface area contributed by atoms with Gasteiger partial charge in [-0.15, -0.1) is 0 Å². The van der Waals surface area contributed by atoms with Crippen LogP contribution in [0.1, 0.15) is 38.1 Å². The molecule has 3 aliphatic carbocycles. The largest absolute Gasteiger partial charge is 0.245 e. The number of hydrogen-bond donors (Lipinski definition) is 1. The van der Waals surface area contributed by atoms with Gasteiger partial charge in [0.15, 0.2) is 0 Å². The molecule has 0 radical (unpaired) electrons. The maximum absolute atomic E-state index is 4.32. The van der Waals surface area contributed by atoms with E-state index < -0.39 is 0 Å². The summed E-state index contributed by atoms with van der Waals surface area (Å²) < 4.78 is 0. The third-order valence-corrected chi connectivity index (χ3v) is 4.87. The van der Waals surface area contributed by atoms with Gasteiger partial charge in [-0.1, -0.05) is 19.9 Å². The fraction of sp³-hybridized carbons (Fsp3) is 0.562. The van der Waals surface area contributed by atoms with Crippen molar-refractivity contribution in [2.75, 3.05) is 5.43 Å². The van der Waals surface area contributed by atoms with Gasteiger partial charge in [-0.3, -0.25) is 0 Å². The fourth-order valence-electron chi connectivity index (χ4n) is 3.49. The van der Waals surface area contributed by atoms with Crippen molar-refractivity contribution in [3.63, 3.8) is 0 Å². The van der Waals surface area contributed by atoms with Crippen molar-refractivity contribution in [1.82, 2.24) is 9.97 Å². The number of hydrogen-bond acceptors (Lipinski definition) is 4. The quantitative estimate of drug-likeness (QED) is 0.675. The summed E-state index contributed by atoms with van der Waals surface area (Å²) >= 11 is 0. The highest BCUT2D eigenvalue weighted by Gasteiger charge is 2.50. The summed E-state index contributed by atoms with van der Waals surface area (Å²) in [4.78, 5) is 8.64. The minimum Gasteiger partial charge on any atom is -0.245 e. The Morgan fingerprint density at radius 2 is 2.00 bits per heavy atom. The first-order valence-corrected chi connectivity index (χ1v) is 7.28. The molecule has 0 saturated heterocycles. The molecule has 4 rings (SSSR count). The smallest absolute Gasteiger partial charge is 0.243 e. The summed E-state index contributed by atoms with van der Waals surface area (Å²) in [6, 6.07) is 1.95. The summed E-state index contributed by atoms with van der Waals surface area (Å²) in [5.74, 6) is 2.09. The van der Waals surface area contributed by atoms with Crippen molar-refractivity contribution in [3.05, 3.63) is 29.1 Å². The maximum atomic E-state index is 4.32. The third-order valence-electron chi connectivity index (χ3n) is 4.87. The van der Waals surface area contributed by atoms with E-state index in [1.165, 1.54) is 18.4 Å². The van der Waals surface area contributed by atoms with E-state index in [0.29, 0.717) is 17.3 Å². The zero-order valence-corrected chi connectivity index (χ0v) is 12.6. The second-order valence-corrected chi connectivity index (χ2v) is 6.59. The molecule has 2 unspecified atom stereocenters. The van der Waals surface area contributed by atoms with E-state index in [9.17, 15) is 0 Å². The molecule has 0 amide bonds. The average Bonchev–Trinajstić information content (AvgIpc) is 2.37. The number of anilines is 1. The number of rotatable bonds is 3. The molecule has 3 aliphatic rings. The van der Waals surface area contributed by atoms with Crippen LogP contribution in [0.5, 0.6) is 0 Å². The van der Waals surface area contributed by atoms with E-state index >= 15 is 0 Å². The van der Waals surface area contributed by atoms with E-state index in [0.717, 1.165) is 17.3 Å². The molecule has 0 aliphatic heterocycles. The van der Waals surface area contributed by atoms with Crippen LogP contribution in [0.3, 0.4) is 0 Å². The molecule has 1 saturated carbocycles. The van der Waals surface area contributed by atoms with Crippen LogP contribution < -0.4 is 5.43 Å². The Bertz CT molecular complexity index is 566. The number of nitrogens with zero attached hydrogens (tertiary/aromatic N) is 3. The maximum Gasteiger partial charge on any atom is 0.243 e. The Morgan fingerprint density at radius 3 is 2.60 bits per heavy atom. The van der Waals surface area contributed by atoms with Crippen LogP contribution in [0, 0.1) is 31.1 Å². The summed E-state index contributed by atoms with van der Waals surface area (Å²) in [6.07, 6.45) is 6.77. The van der Waals surface area contributed by atoms with Crippen LogP contribution in [0.25, 0.3) is 0 Å². The lowest BCUT2D eigenvalue weighted by Gasteiger charge is -2.55. The normalized spacial score (nSPS) is 27.1. The molecule has 2 bridgehead atoms. The first-order valence-electron chi connectivity index (χ1n) is 7.28. The van der Waals surface area contributed by atoms with Crippen molar-refractivity contribution in [2.24, 2.45) is 22.4 Å². The Morgan fingerprint density at radius 1 is 1.30 bits per heavy atom. The number of allylic oxidation sites excluding steroid dienone is 2. The minimum atomic E-state index is 0.437. The number of nitrogens with one attached hydrogen (secondary N) is 1.